The number of hydrogen-bond donors (Lipinski definition) is 1. The van der Waals surface area contributed by atoms with Crippen LogP contribution in [0.25, 0.3) is 0 Å². The molecular formula is C15H14BrClFNO. The fourth-order valence-electron chi connectivity index (χ4n) is 1.80. The second-order valence-electron chi connectivity index (χ2n) is 4.50. The van der Waals surface area contributed by atoms with E-state index in [4.69, 9.17) is 22.1 Å². The molecule has 2 N–H and O–H groups in total. The van der Waals surface area contributed by atoms with Crippen molar-refractivity contribution >= 4 is 27.5 Å². The molecule has 5 heteroatoms. The lowest BCUT2D eigenvalue weighted by molar-refractivity contribution is 0.295. The molecule has 2 aromatic carbocycles. The lowest BCUT2D eigenvalue weighted by Gasteiger charge is -2.15. The Morgan fingerprint density at radius 2 is 2.05 bits per heavy atom. The summed E-state index contributed by atoms with van der Waals surface area (Å²) in [5, 5.41) is 0.367. The molecule has 0 aliphatic heterocycles. The molecule has 0 aliphatic carbocycles. The molecule has 0 bridgehead atoms. The van der Waals surface area contributed by atoms with E-state index in [1.54, 1.807) is 12.1 Å². The van der Waals surface area contributed by atoms with E-state index in [-0.39, 0.29) is 18.5 Å². The van der Waals surface area contributed by atoms with E-state index in [2.05, 4.69) is 15.9 Å². The molecule has 0 amide bonds. The number of halogens is 3. The van der Waals surface area contributed by atoms with Gasteiger partial charge < -0.3 is 10.5 Å². The second kappa shape index (κ2) is 6.57. The Morgan fingerprint density at radius 3 is 2.70 bits per heavy atom. The van der Waals surface area contributed by atoms with Crippen molar-refractivity contribution in [1.82, 2.24) is 0 Å². The maximum absolute atomic E-state index is 13.7. The molecule has 0 heterocycles. The van der Waals surface area contributed by atoms with Crippen molar-refractivity contribution in [3.05, 3.63) is 62.8 Å². The number of rotatable bonds is 4. The predicted octanol–water partition coefficient (Wildman–Crippen LogP) is 4.84. The summed E-state index contributed by atoms with van der Waals surface area (Å²) in [4.78, 5) is 0. The second-order valence-corrected chi connectivity index (χ2v) is 5.85. The highest BCUT2D eigenvalue weighted by Crippen LogP contribution is 2.28. The van der Waals surface area contributed by atoms with Gasteiger partial charge in [0.2, 0.25) is 0 Å². The third-order valence-corrected chi connectivity index (χ3v) is 3.59. The molecule has 0 aromatic heterocycles. The first-order valence-corrected chi connectivity index (χ1v) is 7.26. The average molecular weight is 359 g/mol. The first-order valence-electron chi connectivity index (χ1n) is 6.09. The van der Waals surface area contributed by atoms with Gasteiger partial charge in [-0.05, 0) is 37.3 Å². The summed E-state index contributed by atoms with van der Waals surface area (Å²) in [6.07, 6.45) is 0. The van der Waals surface area contributed by atoms with Gasteiger partial charge in [-0.2, -0.15) is 0 Å². The van der Waals surface area contributed by atoms with E-state index in [0.717, 1.165) is 10.0 Å². The summed E-state index contributed by atoms with van der Waals surface area (Å²) in [5.41, 5.74) is 7.23. The standard InChI is InChI=1S/C15H14BrClFNO/c1-9(19)13-6-11(16)3-5-15(13)20-8-10-2-4-12(17)7-14(10)18/h2-7,9H,8,19H2,1H3. The fourth-order valence-corrected chi connectivity index (χ4v) is 2.34. The summed E-state index contributed by atoms with van der Waals surface area (Å²) in [5.74, 6) is 0.273. The quantitative estimate of drug-likeness (QED) is 0.848. The minimum absolute atomic E-state index is 0.129. The van der Waals surface area contributed by atoms with Crippen LogP contribution in [-0.2, 0) is 6.61 Å². The molecule has 0 aliphatic rings. The zero-order valence-corrected chi connectivity index (χ0v) is 13.2. The van der Waals surface area contributed by atoms with E-state index in [1.165, 1.54) is 6.07 Å². The van der Waals surface area contributed by atoms with E-state index in [0.29, 0.717) is 16.3 Å². The van der Waals surface area contributed by atoms with Crippen LogP contribution in [0.15, 0.2) is 40.9 Å². The van der Waals surface area contributed by atoms with Gasteiger partial charge in [-0.15, -0.1) is 0 Å². The van der Waals surface area contributed by atoms with E-state index >= 15 is 0 Å². The Labute approximate surface area is 130 Å². The Morgan fingerprint density at radius 1 is 1.30 bits per heavy atom. The van der Waals surface area contributed by atoms with Crippen molar-refractivity contribution in [3.63, 3.8) is 0 Å². The SMILES string of the molecule is CC(N)c1cc(Br)ccc1OCc1ccc(Cl)cc1F. The van der Waals surface area contributed by atoms with Crippen LogP contribution >= 0.6 is 27.5 Å². The first kappa shape index (κ1) is 15.3. The van der Waals surface area contributed by atoms with Gasteiger partial charge in [-0.25, -0.2) is 4.39 Å². The molecule has 0 saturated carbocycles. The minimum atomic E-state index is -0.378. The molecular weight excluding hydrogens is 345 g/mol. The molecule has 2 rings (SSSR count). The van der Waals surface area contributed by atoms with E-state index < -0.39 is 0 Å². The highest BCUT2D eigenvalue weighted by Gasteiger charge is 2.10. The largest absolute Gasteiger partial charge is 0.488 e. The molecule has 1 unspecified atom stereocenters. The van der Waals surface area contributed by atoms with Gasteiger partial charge in [0.25, 0.3) is 0 Å². The molecule has 2 aromatic rings. The maximum Gasteiger partial charge on any atom is 0.131 e. The third-order valence-electron chi connectivity index (χ3n) is 2.86. The molecule has 0 fully saturated rings. The monoisotopic (exact) mass is 357 g/mol. The number of benzene rings is 2. The number of ether oxygens (including phenoxy) is 1. The molecule has 2 nitrogen and oxygen atoms in total. The smallest absolute Gasteiger partial charge is 0.131 e. The predicted molar refractivity (Wildman–Crippen MR) is 82.5 cm³/mol. The maximum atomic E-state index is 13.7. The van der Waals surface area contributed by atoms with Crippen LogP contribution in [0.1, 0.15) is 24.1 Å². The number of nitrogens with two attached hydrogens (primary N) is 1. The molecule has 0 saturated heterocycles. The van der Waals surface area contributed by atoms with Crippen molar-refractivity contribution in [2.45, 2.75) is 19.6 Å². The summed E-state index contributed by atoms with van der Waals surface area (Å²) in [6.45, 7) is 2.00. The van der Waals surface area contributed by atoms with Gasteiger partial charge in [0.05, 0.1) is 0 Å². The third kappa shape index (κ3) is 3.72. The molecule has 0 spiro atoms. The van der Waals surface area contributed by atoms with Crippen molar-refractivity contribution in [2.24, 2.45) is 5.73 Å². The zero-order valence-electron chi connectivity index (χ0n) is 10.9. The molecule has 1 atom stereocenters. The van der Waals surface area contributed by atoms with Crippen molar-refractivity contribution in [3.8, 4) is 5.75 Å². The van der Waals surface area contributed by atoms with Crippen molar-refractivity contribution < 1.29 is 9.13 Å². The van der Waals surface area contributed by atoms with Crippen LogP contribution in [-0.4, -0.2) is 0 Å². The number of hydrogen-bond acceptors (Lipinski definition) is 2. The van der Waals surface area contributed by atoms with Gasteiger partial charge >= 0.3 is 0 Å². The van der Waals surface area contributed by atoms with Crippen molar-refractivity contribution in [1.29, 1.82) is 0 Å². The topological polar surface area (TPSA) is 35.2 Å². The van der Waals surface area contributed by atoms with Gasteiger partial charge in [0.15, 0.2) is 0 Å². The Balaban J connectivity index is 2.18. The zero-order chi connectivity index (χ0) is 14.7. The highest BCUT2D eigenvalue weighted by atomic mass is 79.9. The summed E-state index contributed by atoms with van der Waals surface area (Å²) in [6, 6.07) is 9.93. The molecule has 106 valence electrons. The van der Waals surface area contributed by atoms with Crippen LogP contribution in [0.4, 0.5) is 4.39 Å². The van der Waals surface area contributed by atoms with Gasteiger partial charge in [0, 0.05) is 26.7 Å². The first-order chi connectivity index (χ1) is 9.47. The van der Waals surface area contributed by atoms with E-state index in [9.17, 15) is 4.39 Å². The summed E-state index contributed by atoms with van der Waals surface area (Å²) in [7, 11) is 0. The van der Waals surface area contributed by atoms with Crippen LogP contribution in [0.2, 0.25) is 5.02 Å². The van der Waals surface area contributed by atoms with Crippen LogP contribution in [0.3, 0.4) is 0 Å². The van der Waals surface area contributed by atoms with Crippen LogP contribution in [0.5, 0.6) is 5.75 Å². The van der Waals surface area contributed by atoms with Gasteiger partial charge in [0.1, 0.15) is 18.2 Å². The van der Waals surface area contributed by atoms with Crippen molar-refractivity contribution in [2.75, 3.05) is 0 Å². The summed E-state index contributed by atoms with van der Waals surface area (Å²) < 4.78 is 20.3. The van der Waals surface area contributed by atoms with E-state index in [1.807, 2.05) is 25.1 Å². The highest BCUT2D eigenvalue weighted by molar-refractivity contribution is 9.10. The van der Waals surface area contributed by atoms with Crippen LogP contribution in [0, 0.1) is 5.82 Å². The minimum Gasteiger partial charge on any atom is -0.488 e. The lowest BCUT2D eigenvalue weighted by Crippen LogP contribution is -2.08. The Kier molecular flexibility index (Phi) is 5.02. The molecule has 20 heavy (non-hydrogen) atoms. The average Bonchev–Trinajstić information content (AvgIpc) is 2.38. The Hall–Kier alpha value is -1.10. The lowest BCUT2D eigenvalue weighted by atomic mass is 10.1. The fraction of sp³-hybridized carbons (Fsp3) is 0.200. The Bertz CT molecular complexity index is 619. The normalized spacial score (nSPS) is 12.2. The van der Waals surface area contributed by atoms with Gasteiger partial charge in [-0.1, -0.05) is 33.6 Å². The summed E-state index contributed by atoms with van der Waals surface area (Å²) >= 11 is 9.11. The van der Waals surface area contributed by atoms with Crippen LogP contribution < -0.4 is 10.5 Å². The van der Waals surface area contributed by atoms with Gasteiger partial charge in [-0.3, -0.25) is 0 Å². The molecule has 0 radical (unpaired) electrons.